The van der Waals surface area contributed by atoms with Crippen LogP contribution < -0.4 is 5.32 Å². The van der Waals surface area contributed by atoms with E-state index in [-0.39, 0.29) is 0 Å². The minimum Gasteiger partial charge on any atom is -0.469 e. The van der Waals surface area contributed by atoms with Gasteiger partial charge in [0.05, 0.1) is 6.26 Å². The molecule has 0 unspecified atom stereocenters. The van der Waals surface area contributed by atoms with Gasteiger partial charge in [-0.3, -0.25) is 0 Å². The van der Waals surface area contributed by atoms with Gasteiger partial charge in [0.25, 0.3) is 0 Å². The summed E-state index contributed by atoms with van der Waals surface area (Å²) in [7, 11) is 0. The molecule has 2 aromatic rings. The quantitative estimate of drug-likeness (QED) is 0.873. The van der Waals surface area contributed by atoms with E-state index >= 15 is 0 Å². The van der Waals surface area contributed by atoms with E-state index in [4.69, 9.17) is 4.42 Å². The minimum atomic E-state index is 0.844. The number of fused-ring (bicyclic) bond motifs is 1. The van der Waals surface area contributed by atoms with Crippen molar-refractivity contribution in [2.24, 2.45) is 0 Å². The molecule has 88 valence electrons. The maximum absolute atomic E-state index is 5.29. The second-order valence-corrected chi connectivity index (χ2v) is 4.26. The van der Waals surface area contributed by atoms with Crippen molar-refractivity contribution >= 4 is 5.82 Å². The van der Waals surface area contributed by atoms with Crippen molar-refractivity contribution in [2.45, 2.75) is 25.7 Å². The van der Waals surface area contributed by atoms with E-state index in [1.54, 1.807) is 12.6 Å². The Morgan fingerprint density at radius 3 is 3.18 bits per heavy atom. The van der Waals surface area contributed by atoms with Gasteiger partial charge in [0.1, 0.15) is 17.9 Å². The molecule has 0 spiro atoms. The van der Waals surface area contributed by atoms with Crippen molar-refractivity contribution < 1.29 is 4.42 Å². The Labute approximate surface area is 100 Å². The van der Waals surface area contributed by atoms with E-state index < -0.39 is 0 Å². The Bertz CT molecular complexity index is 493. The van der Waals surface area contributed by atoms with Gasteiger partial charge in [-0.15, -0.1) is 0 Å². The third-order valence-corrected chi connectivity index (χ3v) is 3.12. The molecule has 4 heteroatoms. The average Bonchev–Trinajstić information content (AvgIpc) is 2.99. The van der Waals surface area contributed by atoms with Crippen LogP contribution in [0.5, 0.6) is 0 Å². The zero-order chi connectivity index (χ0) is 11.5. The first-order valence-corrected chi connectivity index (χ1v) is 6.02. The number of rotatable bonds is 4. The fourth-order valence-corrected chi connectivity index (χ4v) is 2.27. The second kappa shape index (κ2) is 4.57. The Hall–Kier alpha value is -1.84. The number of aromatic nitrogens is 2. The van der Waals surface area contributed by atoms with Gasteiger partial charge >= 0.3 is 0 Å². The highest BCUT2D eigenvalue weighted by Crippen LogP contribution is 2.24. The molecule has 4 nitrogen and oxygen atoms in total. The molecule has 0 aromatic carbocycles. The Balaban J connectivity index is 1.64. The van der Waals surface area contributed by atoms with Crippen LogP contribution in [0.1, 0.15) is 23.4 Å². The lowest BCUT2D eigenvalue weighted by atomic mass is 10.2. The van der Waals surface area contributed by atoms with E-state index in [2.05, 4.69) is 15.3 Å². The van der Waals surface area contributed by atoms with Gasteiger partial charge in [-0.1, -0.05) is 0 Å². The number of nitrogens with zero attached hydrogens (tertiary/aromatic N) is 2. The van der Waals surface area contributed by atoms with E-state index in [0.29, 0.717) is 0 Å². The zero-order valence-corrected chi connectivity index (χ0v) is 9.65. The molecule has 0 saturated heterocycles. The van der Waals surface area contributed by atoms with Crippen LogP contribution in [0.3, 0.4) is 0 Å². The van der Waals surface area contributed by atoms with Crippen LogP contribution in [0.2, 0.25) is 0 Å². The molecule has 1 aliphatic carbocycles. The molecule has 0 amide bonds. The van der Waals surface area contributed by atoms with Crippen LogP contribution in [0, 0.1) is 0 Å². The SMILES string of the molecule is c1coc(CCNc2ncnc3c2CCC3)c1. The minimum absolute atomic E-state index is 0.844. The topological polar surface area (TPSA) is 51.0 Å². The molecule has 3 rings (SSSR count). The molecular weight excluding hydrogens is 214 g/mol. The fraction of sp³-hybridized carbons (Fsp3) is 0.385. The lowest BCUT2D eigenvalue weighted by Crippen LogP contribution is -2.08. The predicted molar refractivity (Wildman–Crippen MR) is 65.0 cm³/mol. The van der Waals surface area contributed by atoms with Crippen LogP contribution in [0.4, 0.5) is 5.82 Å². The van der Waals surface area contributed by atoms with Crippen LogP contribution in [0.25, 0.3) is 0 Å². The summed E-state index contributed by atoms with van der Waals surface area (Å²) in [5, 5.41) is 3.37. The first-order chi connectivity index (χ1) is 8.43. The maximum Gasteiger partial charge on any atom is 0.132 e. The van der Waals surface area contributed by atoms with Crippen molar-refractivity contribution in [3.8, 4) is 0 Å². The van der Waals surface area contributed by atoms with Crippen LogP contribution in [-0.2, 0) is 19.3 Å². The predicted octanol–water partition coefficient (Wildman–Crippen LogP) is 2.21. The van der Waals surface area contributed by atoms with E-state index in [9.17, 15) is 0 Å². The van der Waals surface area contributed by atoms with Crippen molar-refractivity contribution in [3.63, 3.8) is 0 Å². The highest BCUT2D eigenvalue weighted by molar-refractivity contribution is 5.47. The monoisotopic (exact) mass is 229 g/mol. The first kappa shape index (κ1) is 10.3. The standard InChI is InChI=1S/C13H15N3O/c1-4-11-12(5-1)15-9-16-13(11)14-7-6-10-3-2-8-17-10/h2-3,8-9H,1,4-7H2,(H,14,15,16). The lowest BCUT2D eigenvalue weighted by Gasteiger charge is -2.08. The molecule has 2 aromatic heterocycles. The van der Waals surface area contributed by atoms with Gasteiger partial charge in [0, 0.05) is 24.2 Å². The number of nitrogens with one attached hydrogen (secondary N) is 1. The highest BCUT2D eigenvalue weighted by Gasteiger charge is 2.16. The van der Waals surface area contributed by atoms with Gasteiger partial charge in [0.15, 0.2) is 0 Å². The molecule has 1 aliphatic rings. The van der Waals surface area contributed by atoms with Gasteiger partial charge in [-0.05, 0) is 31.4 Å². The van der Waals surface area contributed by atoms with Crippen molar-refractivity contribution in [3.05, 3.63) is 41.7 Å². The number of hydrogen-bond acceptors (Lipinski definition) is 4. The van der Waals surface area contributed by atoms with Gasteiger partial charge in [-0.2, -0.15) is 0 Å². The van der Waals surface area contributed by atoms with Gasteiger partial charge in [-0.25, -0.2) is 9.97 Å². The molecule has 1 N–H and O–H groups in total. The van der Waals surface area contributed by atoms with Crippen LogP contribution in [0.15, 0.2) is 29.1 Å². The smallest absolute Gasteiger partial charge is 0.132 e. The van der Waals surface area contributed by atoms with Crippen LogP contribution >= 0.6 is 0 Å². The van der Waals surface area contributed by atoms with Gasteiger partial charge < -0.3 is 9.73 Å². The third-order valence-electron chi connectivity index (χ3n) is 3.12. The Morgan fingerprint density at radius 2 is 2.29 bits per heavy atom. The lowest BCUT2D eigenvalue weighted by molar-refractivity contribution is 0.513. The zero-order valence-electron chi connectivity index (χ0n) is 9.65. The molecule has 0 bridgehead atoms. The maximum atomic E-state index is 5.29. The van der Waals surface area contributed by atoms with E-state index in [1.807, 2.05) is 12.1 Å². The molecule has 0 aliphatic heterocycles. The summed E-state index contributed by atoms with van der Waals surface area (Å²) in [6, 6.07) is 3.91. The summed E-state index contributed by atoms with van der Waals surface area (Å²) in [6.45, 7) is 0.844. The second-order valence-electron chi connectivity index (χ2n) is 4.26. The van der Waals surface area contributed by atoms with E-state index in [1.165, 1.54) is 17.7 Å². The fourth-order valence-electron chi connectivity index (χ4n) is 2.27. The summed E-state index contributed by atoms with van der Waals surface area (Å²) < 4.78 is 5.29. The molecule has 0 radical (unpaired) electrons. The molecule has 17 heavy (non-hydrogen) atoms. The molecule has 2 heterocycles. The summed E-state index contributed by atoms with van der Waals surface area (Å²) in [6.07, 6.45) is 7.62. The highest BCUT2D eigenvalue weighted by atomic mass is 16.3. The normalized spacial score (nSPS) is 13.6. The number of furan rings is 1. The Morgan fingerprint density at radius 1 is 1.29 bits per heavy atom. The van der Waals surface area contributed by atoms with E-state index in [0.717, 1.165) is 37.4 Å². The summed E-state index contributed by atoms with van der Waals surface area (Å²) in [4.78, 5) is 8.62. The molecule has 0 fully saturated rings. The third kappa shape index (κ3) is 2.16. The number of hydrogen-bond donors (Lipinski definition) is 1. The number of aryl methyl sites for hydroxylation is 1. The van der Waals surface area contributed by atoms with Crippen LogP contribution in [-0.4, -0.2) is 16.5 Å². The van der Waals surface area contributed by atoms with Crippen molar-refractivity contribution in [2.75, 3.05) is 11.9 Å². The summed E-state index contributed by atoms with van der Waals surface area (Å²) >= 11 is 0. The number of anilines is 1. The summed E-state index contributed by atoms with van der Waals surface area (Å²) in [5.41, 5.74) is 2.51. The Kier molecular flexibility index (Phi) is 2.78. The van der Waals surface area contributed by atoms with Crippen molar-refractivity contribution in [1.82, 2.24) is 9.97 Å². The summed E-state index contributed by atoms with van der Waals surface area (Å²) in [5.74, 6) is 2.00. The van der Waals surface area contributed by atoms with Crippen molar-refractivity contribution in [1.29, 1.82) is 0 Å². The molecular formula is C13H15N3O. The first-order valence-electron chi connectivity index (χ1n) is 6.02. The molecule has 0 saturated carbocycles. The van der Waals surface area contributed by atoms with Gasteiger partial charge in [0.2, 0.25) is 0 Å². The molecule has 0 atom stereocenters. The largest absolute Gasteiger partial charge is 0.469 e. The average molecular weight is 229 g/mol.